The lowest BCUT2D eigenvalue weighted by Crippen LogP contribution is -2.47. The maximum atomic E-state index is 13.5. The van der Waals surface area contributed by atoms with Gasteiger partial charge in [-0.2, -0.15) is 0 Å². The summed E-state index contributed by atoms with van der Waals surface area (Å²) in [5, 5.41) is 6.76. The van der Waals surface area contributed by atoms with Crippen LogP contribution < -0.4 is 15.4 Å². The van der Waals surface area contributed by atoms with Crippen molar-refractivity contribution < 1.29 is 13.9 Å². The van der Waals surface area contributed by atoms with E-state index < -0.39 is 0 Å². The first-order chi connectivity index (χ1) is 14.9. The zero-order valence-corrected chi connectivity index (χ0v) is 18.8. The normalized spacial score (nSPS) is 19.7. The summed E-state index contributed by atoms with van der Waals surface area (Å²) < 4.78 is 25.3. The highest BCUT2D eigenvalue weighted by molar-refractivity contribution is 5.79. The molecule has 0 radical (unpaired) electrons. The van der Waals surface area contributed by atoms with E-state index in [0.29, 0.717) is 30.1 Å². The van der Waals surface area contributed by atoms with Gasteiger partial charge in [0, 0.05) is 50.5 Å². The number of aliphatic imine (C=N–C) groups is 1. The Kier molecular flexibility index (Phi) is 7.85. The first kappa shape index (κ1) is 23.0. The van der Waals surface area contributed by atoms with Gasteiger partial charge < -0.3 is 20.1 Å². The van der Waals surface area contributed by atoms with Gasteiger partial charge in [0.2, 0.25) is 5.88 Å². The predicted molar refractivity (Wildman–Crippen MR) is 121 cm³/mol. The molecule has 2 aromatic rings. The van der Waals surface area contributed by atoms with Gasteiger partial charge in [-0.15, -0.1) is 0 Å². The molecule has 1 aliphatic rings. The van der Waals surface area contributed by atoms with E-state index in [1.807, 2.05) is 12.1 Å². The minimum absolute atomic E-state index is 0.0998. The second-order valence-corrected chi connectivity index (χ2v) is 8.89. The second-order valence-electron chi connectivity index (χ2n) is 8.89. The molecule has 2 atom stereocenters. The monoisotopic (exact) mass is 428 g/mol. The molecule has 0 spiro atoms. The number of pyridine rings is 1. The number of rotatable bonds is 6. The molecule has 2 unspecified atom stereocenters. The van der Waals surface area contributed by atoms with Crippen LogP contribution >= 0.6 is 0 Å². The van der Waals surface area contributed by atoms with E-state index in [1.54, 1.807) is 25.4 Å². The van der Waals surface area contributed by atoms with Gasteiger partial charge in [-0.3, -0.25) is 4.99 Å². The number of nitrogens with zero attached hydrogens (tertiary/aromatic N) is 2. The fraction of sp³-hybridized carbons (Fsp3) is 0.500. The quantitative estimate of drug-likeness (QED) is 0.523. The van der Waals surface area contributed by atoms with Crippen molar-refractivity contribution in [2.75, 3.05) is 20.2 Å². The molecule has 1 fully saturated rings. The molecule has 3 rings (SSSR count). The molecule has 31 heavy (non-hydrogen) atoms. The Bertz CT molecular complexity index is 882. The summed E-state index contributed by atoms with van der Waals surface area (Å²) in [6.07, 6.45) is 4.10. The van der Waals surface area contributed by atoms with Crippen LogP contribution in [0.1, 0.15) is 39.2 Å². The number of aromatic nitrogens is 1. The van der Waals surface area contributed by atoms with Crippen molar-refractivity contribution in [3.8, 4) is 11.6 Å². The lowest BCUT2D eigenvalue weighted by molar-refractivity contribution is -0.0835. The first-order valence-electron chi connectivity index (χ1n) is 10.8. The number of hydrogen-bond donors (Lipinski definition) is 2. The Morgan fingerprint density at radius 1 is 1.26 bits per heavy atom. The average molecular weight is 429 g/mol. The van der Waals surface area contributed by atoms with E-state index in [2.05, 4.69) is 41.4 Å². The van der Waals surface area contributed by atoms with Gasteiger partial charge >= 0.3 is 0 Å². The van der Waals surface area contributed by atoms with E-state index in [9.17, 15) is 4.39 Å². The highest BCUT2D eigenvalue weighted by Gasteiger charge is 2.35. The van der Waals surface area contributed by atoms with Crippen molar-refractivity contribution in [3.05, 3.63) is 54.0 Å². The lowest BCUT2D eigenvalue weighted by Gasteiger charge is -2.40. The fourth-order valence-electron chi connectivity index (χ4n) is 3.93. The third-order valence-corrected chi connectivity index (χ3v) is 5.36. The highest BCUT2D eigenvalue weighted by Crippen LogP contribution is 2.33. The molecule has 0 amide bonds. The summed E-state index contributed by atoms with van der Waals surface area (Å²) >= 11 is 0. The van der Waals surface area contributed by atoms with Crippen molar-refractivity contribution >= 4 is 5.96 Å². The largest absolute Gasteiger partial charge is 0.439 e. The summed E-state index contributed by atoms with van der Waals surface area (Å²) in [5.41, 5.74) is 0.950. The fourth-order valence-corrected chi connectivity index (χ4v) is 3.93. The molecule has 0 saturated carbocycles. The van der Waals surface area contributed by atoms with Crippen LogP contribution in [-0.2, 0) is 11.3 Å². The molecule has 1 saturated heterocycles. The van der Waals surface area contributed by atoms with Gasteiger partial charge in [-0.25, -0.2) is 9.37 Å². The van der Waals surface area contributed by atoms with Crippen molar-refractivity contribution in [3.63, 3.8) is 0 Å². The maximum Gasteiger partial charge on any atom is 0.224 e. The second kappa shape index (κ2) is 10.6. The molecule has 2 heterocycles. The number of benzene rings is 1. The van der Waals surface area contributed by atoms with E-state index >= 15 is 0 Å². The molecular weight excluding hydrogens is 395 g/mol. The SMILES string of the molecule is CN=C(NCc1cccnc1Oc1cccc(F)c1)NCC1CCCOC1C(C)(C)C. The van der Waals surface area contributed by atoms with Crippen LogP contribution in [0.5, 0.6) is 11.6 Å². The number of guanidine groups is 1. The van der Waals surface area contributed by atoms with Gasteiger partial charge in [-0.1, -0.05) is 32.9 Å². The van der Waals surface area contributed by atoms with Crippen molar-refractivity contribution in [2.24, 2.45) is 16.3 Å². The van der Waals surface area contributed by atoms with E-state index in [4.69, 9.17) is 9.47 Å². The van der Waals surface area contributed by atoms with Gasteiger partial charge in [0.1, 0.15) is 11.6 Å². The highest BCUT2D eigenvalue weighted by atomic mass is 19.1. The number of nitrogens with one attached hydrogen (secondary N) is 2. The zero-order chi connectivity index (χ0) is 22.3. The van der Waals surface area contributed by atoms with Crippen LogP contribution in [-0.4, -0.2) is 37.2 Å². The number of ether oxygens (including phenoxy) is 2. The molecular formula is C24H33FN4O2. The van der Waals surface area contributed by atoms with Crippen molar-refractivity contribution in [2.45, 2.75) is 46.3 Å². The third kappa shape index (κ3) is 6.66. The number of hydrogen-bond acceptors (Lipinski definition) is 4. The molecule has 168 valence electrons. The van der Waals surface area contributed by atoms with E-state index in [1.165, 1.54) is 12.1 Å². The number of halogens is 1. The van der Waals surface area contributed by atoms with Crippen molar-refractivity contribution in [1.82, 2.24) is 15.6 Å². The molecule has 1 aromatic heterocycles. The van der Waals surface area contributed by atoms with E-state index in [0.717, 1.165) is 31.6 Å². The molecule has 0 aliphatic carbocycles. The van der Waals surface area contributed by atoms with Gasteiger partial charge in [0.05, 0.1) is 6.10 Å². The molecule has 6 nitrogen and oxygen atoms in total. The van der Waals surface area contributed by atoms with Crippen LogP contribution in [0, 0.1) is 17.2 Å². The van der Waals surface area contributed by atoms with E-state index in [-0.39, 0.29) is 17.3 Å². The van der Waals surface area contributed by atoms with Gasteiger partial charge in [0.15, 0.2) is 5.96 Å². The molecule has 0 bridgehead atoms. The minimum Gasteiger partial charge on any atom is -0.439 e. The summed E-state index contributed by atoms with van der Waals surface area (Å²) in [6, 6.07) is 9.80. The summed E-state index contributed by atoms with van der Waals surface area (Å²) in [7, 11) is 1.75. The van der Waals surface area contributed by atoms with Crippen LogP contribution in [0.4, 0.5) is 4.39 Å². The Balaban J connectivity index is 1.58. The molecule has 1 aliphatic heterocycles. The Hall–Kier alpha value is -2.67. The standard InChI is InChI=1S/C24H33FN4O2/c1-24(2,3)21-17(9-7-13-30-21)15-28-23(26-4)29-16-18-8-6-12-27-22(18)31-20-11-5-10-19(25)14-20/h5-6,8,10-12,14,17,21H,7,9,13,15-16H2,1-4H3,(H2,26,28,29). The summed E-state index contributed by atoms with van der Waals surface area (Å²) in [6.45, 7) is 8.78. The van der Waals surface area contributed by atoms with Crippen LogP contribution in [0.3, 0.4) is 0 Å². The molecule has 2 N–H and O–H groups in total. The van der Waals surface area contributed by atoms with Crippen LogP contribution in [0.25, 0.3) is 0 Å². The molecule has 7 heteroatoms. The van der Waals surface area contributed by atoms with Crippen LogP contribution in [0.2, 0.25) is 0 Å². The van der Waals surface area contributed by atoms with Crippen LogP contribution in [0.15, 0.2) is 47.6 Å². The predicted octanol–water partition coefficient (Wildman–Crippen LogP) is 4.52. The van der Waals surface area contributed by atoms with Gasteiger partial charge in [0.25, 0.3) is 0 Å². The zero-order valence-electron chi connectivity index (χ0n) is 18.8. The summed E-state index contributed by atoms with van der Waals surface area (Å²) in [4.78, 5) is 8.65. The Morgan fingerprint density at radius 3 is 2.84 bits per heavy atom. The lowest BCUT2D eigenvalue weighted by atomic mass is 9.78. The Labute approximate surface area is 184 Å². The van der Waals surface area contributed by atoms with Crippen molar-refractivity contribution in [1.29, 1.82) is 0 Å². The smallest absolute Gasteiger partial charge is 0.224 e. The Morgan fingerprint density at radius 2 is 2.10 bits per heavy atom. The summed E-state index contributed by atoms with van der Waals surface area (Å²) in [5.74, 6) is 1.63. The average Bonchev–Trinajstić information content (AvgIpc) is 2.74. The third-order valence-electron chi connectivity index (χ3n) is 5.36. The maximum absolute atomic E-state index is 13.5. The minimum atomic E-state index is -0.349. The molecule has 1 aromatic carbocycles. The first-order valence-corrected chi connectivity index (χ1v) is 10.8. The topological polar surface area (TPSA) is 67.8 Å². The van der Waals surface area contributed by atoms with Gasteiger partial charge in [-0.05, 0) is 36.5 Å².